The fourth-order valence-electron chi connectivity index (χ4n) is 4.16. The van der Waals surface area contributed by atoms with Crippen LogP contribution in [0.25, 0.3) is 0 Å². The smallest absolute Gasteiger partial charge is 0.408 e. The topological polar surface area (TPSA) is 121 Å². The van der Waals surface area contributed by atoms with Gasteiger partial charge in [-0.2, -0.15) is 8.78 Å². The van der Waals surface area contributed by atoms with Crippen LogP contribution in [-0.2, 0) is 41.8 Å². The first kappa shape index (κ1) is 35.5. The highest BCUT2D eigenvalue weighted by Gasteiger charge is 2.54. The standard InChI is InChI=1S/C32H39F2N2O8P/c1-4-43-45(39,44-5-2)32(33,34)26-14-12-24(13-15-26)22-29(36-31(38)42-23-25-10-7-6-8-11-25)30(37)35-20-9-21-41-28-18-16-27(40-3)17-19-28/h6-8,10-19,29H,4-5,9,20-23H2,1-3H3,(H,35,37)(H,36,38)/t29-/m0/s1. The van der Waals surface area contributed by atoms with Crippen molar-refractivity contribution < 1.29 is 46.2 Å². The molecule has 13 heteroatoms. The van der Waals surface area contributed by atoms with Gasteiger partial charge in [0.1, 0.15) is 24.1 Å². The molecular weight excluding hydrogens is 609 g/mol. The van der Waals surface area contributed by atoms with E-state index in [2.05, 4.69) is 10.6 Å². The minimum atomic E-state index is -4.78. The molecule has 0 radical (unpaired) electrons. The van der Waals surface area contributed by atoms with Gasteiger partial charge in [0.2, 0.25) is 5.91 Å². The highest BCUT2D eigenvalue weighted by atomic mass is 31.2. The van der Waals surface area contributed by atoms with Crippen LogP contribution in [0.3, 0.4) is 0 Å². The number of halogens is 2. The maximum absolute atomic E-state index is 15.2. The van der Waals surface area contributed by atoms with Crippen molar-refractivity contribution in [3.63, 3.8) is 0 Å². The molecule has 2 amide bonds. The van der Waals surface area contributed by atoms with Gasteiger partial charge in [-0.25, -0.2) is 4.79 Å². The molecule has 0 saturated carbocycles. The van der Waals surface area contributed by atoms with Crippen molar-refractivity contribution >= 4 is 19.6 Å². The van der Waals surface area contributed by atoms with Crippen molar-refractivity contribution in [3.05, 3.63) is 95.6 Å². The first-order chi connectivity index (χ1) is 21.6. The highest BCUT2D eigenvalue weighted by molar-refractivity contribution is 7.54. The van der Waals surface area contributed by atoms with E-state index in [0.717, 1.165) is 17.7 Å². The third-order valence-corrected chi connectivity index (χ3v) is 8.60. The molecule has 45 heavy (non-hydrogen) atoms. The molecule has 0 fully saturated rings. The summed E-state index contributed by atoms with van der Waals surface area (Å²) in [7, 11) is -3.21. The zero-order valence-corrected chi connectivity index (χ0v) is 26.4. The Kier molecular flexibility index (Phi) is 13.8. The van der Waals surface area contributed by atoms with Crippen molar-refractivity contribution in [1.82, 2.24) is 10.6 Å². The normalized spacial score (nSPS) is 12.2. The van der Waals surface area contributed by atoms with E-state index in [1.165, 1.54) is 26.0 Å². The van der Waals surface area contributed by atoms with Gasteiger partial charge in [0.15, 0.2) is 0 Å². The molecule has 0 heterocycles. The number of ether oxygens (including phenoxy) is 3. The molecule has 0 aliphatic rings. The Bertz CT molecular complexity index is 1380. The quantitative estimate of drug-likeness (QED) is 0.120. The van der Waals surface area contributed by atoms with Crippen LogP contribution in [0.2, 0.25) is 0 Å². The lowest BCUT2D eigenvalue weighted by atomic mass is 10.0. The number of nitrogens with one attached hydrogen (secondary N) is 2. The van der Waals surface area contributed by atoms with Crippen molar-refractivity contribution in [1.29, 1.82) is 0 Å². The van der Waals surface area contributed by atoms with E-state index in [0.29, 0.717) is 30.1 Å². The predicted molar refractivity (Wildman–Crippen MR) is 165 cm³/mol. The maximum Gasteiger partial charge on any atom is 0.408 e. The third-order valence-electron chi connectivity index (χ3n) is 6.45. The Morgan fingerprint density at radius 2 is 1.49 bits per heavy atom. The fourth-order valence-corrected chi connectivity index (χ4v) is 5.70. The Labute approximate surface area is 261 Å². The van der Waals surface area contributed by atoms with Crippen molar-refractivity contribution in [3.8, 4) is 11.5 Å². The Morgan fingerprint density at radius 3 is 2.09 bits per heavy atom. The van der Waals surface area contributed by atoms with Crippen molar-refractivity contribution in [2.45, 2.75) is 45.0 Å². The lowest BCUT2D eigenvalue weighted by molar-refractivity contribution is -0.123. The zero-order chi connectivity index (χ0) is 32.7. The summed E-state index contributed by atoms with van der Waals surface area (Å²) in [4.78, 5) is 25.8. The van der Waals surface area contributed by atoms with Crippen LogP contribution < -0.4 is 20.1 Å². The number of carbonyl (C=O) groups excluding carboxylic acids is 2. The van der Waals surface area contributed by atoms with Gasteiger partial charge in [-0.05, 0) is 55.7 Å². The molecule has 0 spiro atoms. The van der Waals surface area contributed by atoms with Crippen LogP contribution in [0.1, 0.15) is 37.0 Å². The van der Waals surface area contributed by atoms with E-state index in [1.807, 2.05) is 6.07 Å². The van der Waals surface area contributed by atoms with E-state index in [1.54, 1.807) is 55.6 Å². The minimum absolute atomic E-state index is 0.00674. The van der Waals surface area contributed by atoms with Crippen LogP contribution in [0, 0.1) is 0 Å². The minimum Gasteiger partial charge on any atom is -0.497 e. The zero-order valence-electron chi connectivity index (χ0n) is 25.5. The largest absolute Gasteiger partial charge is 0.497 e. The molecular formula is C32H39F2N2O8P. The predicted octanol–water partition coefficient (Wildman–Crippen LogP) is 6.43. The van der Waals surface area contributed by atoms with Gasteiger partial charge in [0, 0.05) is 18.5 Å². The number of hydrogen-bond acceptors (Lipinski definition) is 8. The second-order valence-corrected chi connectivity index (χ2v) is 11.8. The molecule has 2 N–H and O–H groups in total. The van der Waals surface area contributed by atoms with Crippen molar-refractivity contribution in [2.24, 2.45) is 0 Å². The lowest BCUT2D eigenvalue weighted by Crippen LogP contribution is -2.48. The Morgan fingerprint density at radius 1 is 0.867 bits per heavy atom. The summed E-state index contributed by atoms with van der Waals surface area (Å²) in [6.45, 7) is 3.02. The fraction of sp³-hybridized carbons (Fsp3) is 0.375. The van der Waals surface area contributed by atoms with Gasteiger partial charge in [0.05, 0.1) is 26.9 Å². The van der Waals surface area contributed by atoms with Gasteiger partial charge in [-0.15, -0.1) is 0 Å². The molecule has 0 saturated heterocycles. The summed E-state index contributed by atoms with van der Waals surface area (Å²) in [5.41, 5.74) is -3.24. The van der Waals surface area contributed by atoms with Crippen LogP contribution in [-0.4, -0.2) is 51.5 Å². The third kappa shape index (κ3) is 10.6. The molecule has 0 bridgehead atoms. The number of methoxy groups -OCH3 is 1. The summed E-state index contributed by atoms with van der Waals surface area (Å²) in [6.07, 6.45) is -0.374. The number of alkyl halides is 2. The average molecular weight is 649 g/mol. The van der Waals surface area contributed by atoms with E-state index in [4.69, 9.17) is 23.3 Å². The van der Waals surface area contributed by atoms with E-state index >= 15 is 8.78 Å². The molecule has 3 rings (SSSR count). The number of amides is 2. The highest BCUT2D eigenvalue weighted by Crippen LogP contribution is 2.66. The number of carbonyl (C=O) groups is 2. The van der Waals surface area contributed by atoms with Gasteiger partial charge in [-0.1, -0.05) is 54.6 Å². The average Bonchev–Trinajstić information content (AvgIpc) is 3.04. The lowest BCUT2D eigenvalue weighted by Gasteiger charge is -2.26. The molecule has 3 aromatic rings. The Balaban J connectivity index is 1.65. The summed E-state index contributed by atoms with van der Waals surface area (Å²) in [5, 5.41) is 5.34. The molecule has 0 aromatic heterocycles. The molecule has 0 unspecified atom stereocenters. The molecule has 0 aliphatic heterocycles. The molecule has 10 nitrogen and oxygen atoms in total. The first-order valence-corrected chi connectivity index (χ1v) is 16.0. The van der Waals surface area contributed by atoms with Crippen LogP contribution in [0.15, 0.2) is 78.9 Å². The Hall–Kier alpha value is -3.99. The molecule has 0 aliphatic carbocycles. The molecule has 1 atom stereocenters. The second-order valence-electron chi connectivity index (χ2n) is 9.70. The van der Waals surface area contributed by atoms with Gasteiger partial charge in [-0.3, -0.25) is 9.36 Å². The van der Waals surface area contributed by atoms with E-state index in [9.17, 15) is 14.2 Å². The number of benzene rings is 3. The maximum atomic E-state index is 15.2. The van der Waals surface area contributed by atoms with Crippen LogP contribution in [0.5, 0.6) is 11.5 Å². The molecule has 244 valence electrons. The summed E-state index contributed by atoms with van der Waals surface area (Å²) < 4.78 is 69.0. The summed E-state index contributed by atoms with van der Waals surface area (Å²) in [5.74, 6) is 0.855. The summed E-state index contributed by atoms with van der Waals surface area (Å²) in [6, 6.07) is 20.0. The van der Waals surface area contributed by atoms with Gasteiger partial charge in [0.25, 0.3) is 0 Å². The SMILES string of the molecule is CCOP(=O)(OCC)C(F)(F)c1ccc(C[C@H](NC(=O)OCc2ccccc2)C(=O)NCCCOc2ccc(OC)cc2)cc1. The number of hydrogen-bond donors (Lipinski definition) is 2. The van der Waals surface area contributed by atoms with Gasteiger partial charge < -0.3 is 33.9 Å². The second kappa shape index (κ2) is 17.5. The van der Waals surface area contributed by atoms with E-state index < -0.39 is 36.9 Å². The van der Waals surface area contributed by atoms with Crippen LogP contribution >= 0.6 is 7.60 Å². The van der Waals surface area contributed by atoms with Crippen LogP contribution in [0.4, 0.5) is 13.6 Å². The number of alkyl carbamates (subject to hydrolysis) is 1. The monoisotopic (exact) mass is 648 g/mol. The van der Waals surface area contributed by atoms with Crippen molar-refractivity contribution in [2.75, 3.05) is 33.5 Å². The first-order valence-electron chi connectivity index (χ1n) is 14.5. The van der Waals surface area contributed by atoms with E-state index in [-0.39, 0.29) is 32.8 Å². The number of rotatable bonds is 18. The summed E-state index contributed by atoms with van der Waals surface area (Å²) >= 11 is 0. The van der Waals surface area contributed by atoms with Gasteiger partial charge >= 0.3 is 19.4 Å². The molecule has 3 aromatic carbocycles.